The van der Waals surface area contributed by atoms with E-state index in [-0.39, 0.29) is 5.56 Å². The molecule has 0 amide bonds. The minimum Gasteiger partial charge on any atom is -0.462 e. The van der Waals surface area contributed by atoms with Gasteiger partial charge in [0.25, 0.3) is 5.56 Å². The number of hydrogen-bond acceptors (Lipinski definition) is 4. The summed E-state index contributed by atoms with van der Waals surface area (Å²) in [4.78, 5) is 29.3. The highest BCUT2D eigenvalue weighted by molar-refractivity contribution is 5.90. The van der Waals surface area contributed by atoms with Crippen molar-refractivity contribution in [2.24, 2.45) is 0 Å². The van der Waals surface area contributed by atoms with Gasteiger partial charge in [0.05, 0.1) is 28.8 Å². The Balaban J connectivity index is 2.11. The molecule has 0 radical (unpaired) electrons. The topological polar surface area (TPSA) is 61.2 Å². The van der Waals surface area contributed by atoms with Crippen LogP contribution in [0.3, 0.4) is 0 Å². The van der Waals surface area contributed by atoms with Gasteiger partial charge in [0.15, 0.2) is 0 Å². The van der Waals surface area contributed by atoms with E-state index in [1.54, 1.807) is 37.3 Å². The number of fused-ring (bicyclic) bond motifs is 1. The number of aromatic nitrogens is 2. The van der Waals surface area contributed by atoms with E-state index >= 15 is 0 Å². The molecule has 24 heavy (non-hydrogen) atoms. The van der Waals surface area contributed by atoms with Crippen LogP contribution in [0.5, 0.6) is 0 Å². The van der Waals surface area contributed by atoms with Gasteiger partial charge >= 0.3 is 5.97 Å². The zero-order valence-corrected chi connectivity index (χ0v) is 13.7. The number of carbonyl (C=O) groups is 1. The van der Waals surface area contributed by atoms with E-state index in [0.717, 1.165) is 6.42 Å². The molecule has 0 spiro atoms. The molecule has 0 unspecified atom stereocenters. The Kier molecular flexibility index (Phi) is 4.42. The van der Waals surface area contributed by atoms with Gasteiger partial charge in [-0.15, -0.1) is 0 Å². The molecule has 0 atom stereocenters. The van der Waals surface area contributed by atoms with E-state index in [0.29, 0.717) is 34.6 Å². The van der Waals surface area contributed by atoms with E-state index in [1.165, 1.54) is 4.57 Å². The van der Waals surface area contributed by atoms with Crippen molar-refractivity contribution in [1.29, 1.82) is 0 Å². The number of rotatable bonds is 4. The normalized spacial score (nSPS) is 10.8. The standard InChI is InChI=1S/C19H18N2O3/c1-3-11-24-19(23)14-7-6-8-15(12-14)21-13(2)20-17-10-5-4-9-16(17)18(21)22/h4-10,12H,3,11H2,1-2H3. The summed E-state index contributed by atoms with van der Waals surface area (Å²) in [6.07, 6.45) is 0.762. The van der Waals surface area contributed by atoms with Crippen LogP contribution in [0, 0.1) is 6.92 Å². The minimum atomic E-state index is -0.391. The molecule has 0 bridgehead atoms. The summed E-state index contributed by atoms with van der Waals surface area (Å²) in [6.45, 7) is 4.09. The number of ether oxygens (including phenoxy) is 1. The maximum Gasteiger partial charge on any atom is 0.338 e. The first-order chi connectivity index (χ1) is 11.6. The Hall–Kier alpha value is -2.95. The lowest BCUT2D eigenvalue weighted by molar-refractivity contribution is 0.0505. The molecule has 0 aliphatic rings. The van der Waals surface area contributed by atoms with Gasteiger partial charge in [-0.05, 0) is 43.7 Å². The molecule has 3 aromatic rings. The minimum absolute atomic E-state index is 0.155. The van der Waals surface area contributed by atoms with Gasteiger partial charge in [-0.3, -0.25) is 9.36 Å². The molecule has 3 rings (SSSR count). The maximum absolute atomic E-state index is 12.8. The molecule has 122 valence electrons. The molecule has 0 saturated carbocycles. The summed E-state index contributed by atoms with van der Waals surface area (Å²) >= 11 is 0. The smallest absolute Gasteiger partial charge is 0.338 e. The van der Waals surface area contributed by atoms with Crippen LogP contribution >= 0.6 is 0 Å². The summed E-state index contributed by atoms with van der Waals surface area (Å²) < 4.78 is 6.67. The lowest BCUT2D eigenvalue weighted by Gasteiger charge is -2.12. The van der Waals surface area contributed by atoms with E-state index in [4.69, 9.17) is 4.74 Å². The van der Waals surface area contributed by atoms with Crippen molar-refractivity contribution >= 4 is 16.9 Å². The fourth-order valence-corrected chi connectivity index (χ4v) is 2.60. The average molecular weight is 322 g/mol. The molecular formula is C19H18N2O3. The predicted molar refractivity (Wildman–Crippen MR) is 92.7 cm³/mol. The van der Waals surface area contributed by atoms with Crippen LogP contribution in [0.2, 0.25) is 0 Å². The zero-order valence-electron chi connectivity index (χ0n) is 13.7. The highest BCUT2D eigenvalue weighted by atomic mass is 16.5. The fraction of sp³-hybridized carbons (Fsp3) is 0.211. The quantitative estimate of drug-likeness (QED) is 0.692. The molecule has 0 fully saturated rings. The number of hydrogen-bond donors (Lipinski definition) is 0. The van der Waals surface area contributed by atoms with Crippen molar-refractivity contribution in [3.05, 3.63) is 70.3 Å². The lowest BCUT2D eigenvalue weighted by Crippen LogP contribution is -2.22. The van der Waals surface area contributed by atoms with E-state index in [9.17, 15) is 9.59 Å². The summed E-state index contributed by atoms with van der Waals surface area (Å²) in [7, 11) is 0. The Bertz CT molecular complexity index is 960. The molecule has 0 aliphatic carbocycles. The van der Waals surface area contributed by atoms with Crippen LogP contribution in [0.1, 0.15) is 29.5 Å². The molecule has 1 aromatic heterocycles. The third-order valence-electron chi connectivity index (χ3n) is 3.72. The Morgan fingerprint density at radius 3 is 2.75 bits per heavy atom. The summed E-state index contributed by atoms with van der Waals surface area (Å²) in [5.74, 6) is 0.177. The van der Waals surface area contributed by atoms with Gasteiger partial charge < -0.3 is 4.74 Å². The second-order valence-electron chi connectivity index (χ2n) is 5.50. The molecule has 5 heteroatoms. The fourth-order valence-electron chi connectivity index (χ4n) is 2.60. The van der Waals surface area contributed by atoms with Crippen molar-refractivity contribution in [1.82, 2.24) is 9.55 Å². The van der Waals surface area contributed by atoms with Gasteiger partial charge in [0.1, 0.15) is 5.82 Å². The van der Waals surface area contributed by atoms with E-state index in [1.807, 2.05) is 25.1 Å². The number of carbonyl (C=O) groups excluding carboxylic acids is 1. The van der Waals surface area contributed by atoms with Gasteiger partial charge in [-0.1, -0.05) is 25.1 Å². The number of para-hydroxylation sites is 1. The zero-order chi connectivity index (χ0) is 17.1. The SMILES string of the molecule is CCCOC(=O)c1cccc(-n2c(C)nc3ccccc3c2=O)c1. The van der Waals surface area contributed by atoms with E-state index < -0.39 is 5.97 Å². The van der Waals surface area contributed by atoms with Crippen LogP contribution in [-0.2, 0) is 4.74 Å². The van der Waals surface area contributed by atoms with Crippen LogP contribution in [0.25, 0.3) is 16.6 Å². The molecule has 0 N–H and O–H groups in total. The Morgan fingerprint density at radius 2 is 1.96 bits per heavy atom. The summed E-state index contributed by atoms with van der Waals surface area (Å²) in [5.41, 5.74) is 1.52. The largest absolute Gasteiger partial charge is 0.462 e. The first kappa shape index (κ1) is 15.9. The lowest BCUT2D eigenvalue weighted by atomic mass is 10.2. The highest BCUT2D eigenvalue weighted by Crippen LogP contribution is 2.14. The van der Waals surface area contributed by atoms with Gasteiger partial charge in [-0.25, -0.2) is 9.78 Å². The number of esters is 1. The van der Waals surface area contributed by atoms with Gasteiger partial charge in [0.2, 0.25) is 0 Å². The van der Waals surface area contributed by atoms with Crippen LogP contribution in [0.15, 0.2) is 53.3 Å². The summed E-state index contributed by atoms with van der Waals surface area (Å²) in [5, 5.41) is 0.544. The Labute approximate surface area is 139 Å². The van der Waals surface area contributed by atoms with Crippen molar-refractivity contribution in [2.45, 2.75) is 20.3 Å². The first-order valence-electron chi connectivity index (χ1n) is 7.87. The maximum atomic E-state index is 12.8. The molecule has 0 aliphatic heterocycles. The summed E-state index contributed by atoms with van der Waals surface area (Å²) in [6, 6.07) is 14.1. The average Bonchev–Trinajstić information content (AvgIpc) is 2.60. The van der Waals surface area contributed by atoms with Crippen LogP contribution in [0.4, 0.5) is 0 Å². The molecule has 1 heterocycles. The van der Waals surface area contributed by atoms with Crippen LogP contribution < -0.4 is 5.56 Å². The molecule has 2 aromatic carbocycles. The van der Waals surface area contributed by atoms with E-state index in [2.05, 4.69) is 4.98 Å². The molecule has 5 nitrogen and oxygen atoms in total. The van der Waals surface area contributed by atoms with Gasteiger partial charge in [-0.2, -0.15) is 0 Å². The van der Waals surface area contributed by atoms with Crippen molar-refractivity contribution in [2.75, 3.05) is 6.61 Å². The number of aryl methyl sites for hydroxylation is 1. The second-order valence-corrected chi connectivity index (χ2v) is 5.50. The predicted octanol–water partition coefficient (Wildman–Crippen LogP) is 3.26. The van der Waals surface area contributed by atoms with Gasteiger partial charge in [0, 0.05) is 0 Å². The Morgan fingerprint density at radius 1 is 1.17 bits per heavy atom. The third kappa shape index (κ3) is 2.93. The number of nitrogens with zero attached hydrogens (tertiary/aromatic N) is 2. The van der Waals surface area contributed by atoms with Crippen molar-refractivity contribution < 1.29 is 9.53 Å². The third-order valence-corrected chi connectivity index (χ3v) is 3.72. The first-order valence-corrected chi connectivity index (χ1v) is 7.87. The molecular weight excluding hydrogens is 304 g/mol. The second kappa shape index (κ2) is 6.66. The molecule has 0 saturated heterocycles. The van der Waals surface area contributed by atoms with Crippen molar-refractivity contribution in [3.8, 4) is 5.69 Å². The van der Waals surface area contributed by atoms with Crippen molar-refractivity contribution in [3.63, 3.8) is 0 Å². The number of benzene rings is 2. The monoisotopic (exact) mass is 322 g/mol. The van der Waals surface area contributed by atoms with Crippen LogP contribution in [-0.4, -0.2) is 22.1 Å². The highest BCUT2D eigenvalue weighted by Gasteiger charge is 2.12.